The van der Waals surface area contributed by atoms with E-state index in [0.29, 0.717) is 9.79 Å². The van der Waals surface area contributed by atoms with Crippen molar-refractivity contribution in [3.63, 3.8) is 0 Å². The van der Waals surface area contributed by atoms with Crippen LogP contribution in [0.3, 0.4) is 0 Å². The molecular formula is C8H5BrClN3S. The lowest BCUT2D eigenvalue weighted by Crippen LogP contribution is -1.91. The summed E-state index contributed by atoms with van der Waals surface area (Å²) in [4.78, 5) is 0. The SMILES string of the molecule is S=c1[nH]ncn1-c1ccc(Br)c(Cl)c1. The average Bonchev–Trinajstić information content (AvgIpc) is 2.57. The molecule has 0 bridgehead atoms. The lowest BCUT2D eigenvalue weighted by atomic mass is 10.3. The summed E-state index contributed by atoms with van der Waals surface area (Å²) in [6.07, 6.45) is 1.61. The Hall–Kier alpha value is -0.650. The van der Waals surface area contributed by atoms with Gasteiger partial charge in [0.1, 0.15) is 6.33 Å². The quantitative estimate of drug-likeness (QED) is 0.817. The summed E-state index contributed by atoms with van der Waals surface area (Å²) in [5.74, 6) is 0. The summed E-state index contributed by atoms with van der Waals surface area (Å²) in [5, 5.41) is 7.15. The number of hydrogen-bond donors (Lipinski definition) is 1. The van der Waals surface area contributed by atoms with Crippen molar-refractivity contribution in [1.29, 1.82) is 0 Å². The Bertz CT molecular complexity index is 519. The average molecular weight is 291 g/mol. The van der Waals surface area contributed by atoms with E-state index in [9.17, 15) is 0 Å². The van der Waals surface area contributed by atoms with Gasteiger partial charge < -0.3 is 0 Å². The van der Waals surface area contributed by atoms with Crippen molar-refractivity contribution in [3.05, 3.63) is 38.8 Å². The van der Waals surface area contributed by atoms with Crippen molar-refractivity contribution in [2.75, 3.05) is 0 Å². The zero-order valence-corrected chi connectivity index (χ0v) is 10.0. The number of H-pyrrole nitrogens is 1. The highest BCUT2D eigenvalue weighted by molar-refractivity contribution is 9.10. The molecule has 2 aromatic rings. The maximum atomic E-state index is 5.96. The molecule has 0 aliphatic heterocycles. The molecule has 0 atom stereocenters. The summed E-state index contributed by atoms with van der Waals surface area (Å²) in [6, 6.07) is 5.59. The van der Waals surface area contributed by atoms with E-state index >= 15 is 0 Å². The second-order valence-electron chi connectivity index (χ2n) is 2.63. The maximum Gasteiger partial charge on any atom is 0.199 e. The fraction of sp³-hybridized carbons (Fsp3) is 0. The molecule has 0 saturated heterocycles. The topological polar surface area (TPSA) is 33.6 Å². The Morgan fingerprint density at radius 2 is 2.29 bits per heavy atom. The van der Waals surface area contributed by atoms with Gasteiger partial charge in [-0.3, -0.25) is 9.67 Å². The lowest BCUT2D eigenvalue weighted by Gasteiger charge is -2.02. The van der Waals surface area contributed by atoms with Gasteiger partial charge in [0.25, 0.3) is 0 Å². The van der Waals surface area contributed by atoms with Crippen LogP contribution in [-0.4, -0.2) is 14.8 Å². The van der Waals surface area contributed by atoms with Crippen LogP contribution in [-0.2, 0) is 0 Å². The number of hydrogen-bond acceptors (Lipinski definition) is 2. The Morgan fingerprint density at radius 1 is 1.50 bits per heavy atom. The van der Waals surface area contributed by atoms with Crippen LogP contribution in [0.5, 0.6) is 0 Å². The van der Waals surface area contributed by atoms with Gasteiger partial charge >= 0.3 is 0 Å². The van der Waals surface area contributed by atoms with Crippen LogP contribution in [0.2, 0.25) is 5.02 Å². The number of aromatic nitrogens is 3. The van der Waals surface area contributed by atoms with Crippen molar-refractivity contribution in [2.24, 2.45) is 0 Å². The normalized spacial score (nSPS) is 10.4. The minimum Gasteiger partial charge on any atom is -0.275 e. The summed E-state index contributed by atoms with van der Waals surface area (Å²) in [5.41, 5.74) is 0.886. The van der Waals surface area contributed by atoms with Gasteiger partial charge in [0, 0.05) is 4.47 Å². The smallest absolute Gasteiger partial charge is 0.199 e. The van der Waals surface area contributed by atoms with E-state index in [1.165, 1.54) is 0 Å². The van der Waals surface area contributed by atoms with Crippen LogP contribution in [0.25, 0.3) is 5.69 Å². The molecule has 72 valence electrons. The van der Waals surface area contributed by atoms with Crippen molar-refractivity contribution in [3.8, 4) is 5.69 Å². The van der Waals surface area contributed by atoms with Gasteiger partial charge in [-0.25, -0.2) is 0 Å². The molecule has 6 heteroatoms. The molecule has 0 amide bonds. The number of nitrogens with one attached hydrogen (secondary N) is 1. The second-order valence-corrected chi connectivity index (χ2v) is 4.28. The van der Waals surface area contributed by atoms with E-state index in [4.69, 9.17) is 23.8 Å². The van der Waals surface area contributed by atoms with Gasteiger partial charge in [-0.15, -0.1) is 0 Å². The fourth-order valence-corrected chi connectivity index (χ4v) is 1.69. The fourth-order valence-electron chi connectivity index (χ4n) is 1.07. The molecule has 0 aliphatic rings. The zero-order chi connectivity index (χ0) is 10.1. The molecule has 0 fully saturated rings. The van der Waals surface area contributed by atoms with E-state index in [1.807, 2.05) is 18.2 Å². The van der Waals surface area contributed by atoms with Crippen LogP contribution in [0.4, 0.5) is 0 Å². The molecule has 0 aliphatic carbocycles. The monoisotopic (exact) mass is 289 g/mol. The molecule has 1 aromatic carbocycles. The number of aromatic amines is 1. The molecular weight excluding hydrogens is 286 g/mol. The van der Waals surface area contributed by atoms with E-state index in [-0.39, 0.29) is 0 Å². The minimum atomic E-state index is 0.545. The summed E-state index contributed by atoms with van der Waals surface area (Å²) in [7, 11) is 0. The summed E-state index contributed by atoms with van der Waals surface area (Å²) in [6.45, 7) is 0. The predicted octanol–water partition coefficient (Wildman–Crippen LogP) is 3.35. The highest BCUT2D eigenvalue weighted by atomic mass is 79.9. The van der Waals surface area contributed by atoms with Crippen molar-refractivity contribution < 1.29 is 0 Å². The zero-order valence-electron chi connectivity index (χ0n) is 6.87. The highest BCUT2D eigenvalue weighted by Crippen LogP contribution is 2.24. The third-order valence-corrected chi connectivity index (χ3v) is 3.25. The van der Waals surface area contributed by atoms with Crippen LogP contribution in [0.1, 0.15) is 0 Å². The number of halogens is 2. The first-order valence-electron chi connectivity index (χ1n) is 3.76. The standard InChI is InChI=1S/C8H5BrClN3S/c9-6-2-1-5(3-7(6)10)13-4-11-12-8(13)14/h1-4H,(H,12,14). The second kappa shape index (κ2) is 3.84. The Morgan fingerprint density at radius 3 is 2.86 bits per heavy atom. The molecule has 0 radical (unpaired) electrons. The number of rotatable bonds is 1. The first-order chi connectivity index (χ1) is 6.68. The molecule has 0 unspecified atom stereocenters. The highest BCUT2D eigenvalue weighted by Gasteiger charge is 2.01. The number of nitrogens with zero attached hydrogens (tertiary/aromatic N) is 2. The predicted molar refractivity (Wildman–Crippen MR) is 61.5 cm³/mol. The van der Waals surface area contributed by atoms with Crippen LogP contribution < -0.4 is 0 Å². The first-order valence-corrected chi connectivity index (χ1v) is 5.34. The molecule has 3 nitrogen and oxygen atoms in total. The molecule has 1 aromatic heterocycles. The maximum absolute atomic E-state index is 5.96. The molecule has 1 N–H and O–H groups in total. The Kier molecular flexibility index (Phi) is 2.71. The van der Waals surface area contributed by atoms with E-state index in [1.54, 1.807) is 10.9 Å². The van der Waals surface area contributed by atoms with Crippen molar-refractivity contribution in [2.45, 2.75) is 0 Å². The van der Waals surface area contributed by atoms with E-state index < -0.39 is 0 Å². The van der Waals surface area contributed by atoms with Crippen LogP contribution in [0, 0.1) is 4.77 Å². The minimum absolute atomic E-state index is 0.545. The molecule has 14 heavy (non-hydrogen) atoms. The molecule has 2 rings (SSSR count). The van der Waals surface area contributed by atoms with Gasteiger partial charge in [-0.05, 0) is 46.3 Å². The molecule has 0 spiro atoms. The van der Waals surface area contributed by atoms with Gasteiger partial charge in [0.15, 0.2) is 4.77 Å². The van der Waals surface area contributed by atoms with Gasteiger partial charge in [-0.2, -0.15) is 5.10 Å². The third-order valence-electron chi connectivity index (χ3n) is 1.73. The third kappa shape index (κ3) is 1.75. The lowest BCUT2D eigenvalue weighted by molar-refractivity contribution is 1.03. The van der Waals surface area contributed by atoms with E-state index in [2.05, 4.69) is 26.1 Å². The Balaban J connectivity index is 2.59. The van der Waals surface area contributed by atoms with Gasteiger partial charge in [-0.1, -0.05) is 11.6 Å². The van der Waals surface area contributed by atoms with Crippen LogP contribution in [0.15, 0.2) is 29.0 Å². The Labute approximate surface area is 98.8 Å². The summed E-state index contributed by atoms with van der Waals surface area (Å²) < 4.78 is 3.15. The van der Waals surface area contributed by atoms with Crippen LogP contribution >= 0.6 is 39.7 Å². The van der Waals surface area contributed by atoms with Crippen molar-refractivity contribution in [1.82, 2.24) is 14.8 Å². The number of benzene rings is 1. The van der Waals surface area contributed by atoms with Crippen molar-refractivity contribution >= 4 is 39.7 Å². The largest absolute Gasteiger partial charge is 0.275 e. The van der Waals surface area contributed by atoms with Gasteiger partial charge in [0.2, 0.25) is 0 Å². The first kappa shape index (κ1) is 9.89. The van der Waals surface area contributed by atoms with Gasteiger partial charge in [0.05, 0.1) is 10.7 Å². The molecule has 0 saturated carbocycles. The summed E-state index contributed by atoms with van der Waals surface area (Å²) >= 11 is 14.3. The molecule has 1 heterocycles. The van der Waals surface area contributed by atoms with E-state index in [0.717, 1.165) is 10.2 Å².